The maximum absolute atomic E-state index is 11.8. The Morgan fingerprint density at radius 2 is 0.643 bits per heavy atom. The van der Waals surface area contributed by atoms with E-state index in [-0.39, 0.29) is 13.2 Å². The molecule has 0 aromatic heterocycles. The summed E-state index contributed by atoms with van der Waals surface area (Å²) in [6, 6.07) is 0. The largest absolute Gasteiger partial charge is 0.394 e. The van der Waals surface area contributed by atoms with Crippen molar-refractivity contribution in [1.82, 2.24) is 0 Å². The lowest BCUT2D eigenvalue weighted by atomic mass is 9.95. The van der Waals surface area contributed by atoms with Gasteiger partial charge in [-0.3, -0.25) is 0 Å². The summed E-state index contributed by atoms with van der Waals surface area (Å²) in [4.78, 5) is 0. The lowest BCUT2D eigenvalue weighted by Crippen LogP contribution is -2.69. The topological polar surface area (TPSA) is 501 Å². The van der Waals surface area contributed by atoms with Crippen molar-refractivity contribution in [3.63, 3.8) is 0 Å². The van der Waals surface area contributed by atoms with E-state index in [1.807, 2.05) is 0 Å². The van der Waals surface area contributed by atoms with E-state index >= 15 is 0 Å². The summed E-state index contributed by atoms with van der Waals surface area (Å²) < 4.78 is 68.6. The normalized spacial score (nSPS) is 51.6. The van der Waals surface area contributed by atoms with Crippen molar-refractivity contribution in [2.45, 2.75) is 198 Å². The van der Waals surface area contributed by atoms with Crippen LogP contribution in [-0.4, -0.2) is 322 Å². The first kappa shape index (κ1) is 58.0. The molecule has 6 fully saturated rings. The number of aliphatic hydroxyl groups is 18. The Morgan fingerprint density at radius 3 is 1.09 bits per heavy atom. The summed E-state index contributed by atoms with van der Waals surface area (Å²) in [5, 5.41) is 194. The predicted octanol–water partition coefficient (Wildman–Crippen LogP) is -12.7. The van der Waals surface area contributed by atoms with Crippen molar-refractivity contribution >= 4 is 0 Å². The van der Waals surface area contributed by atoms with E-state index in [1.165, 1.54) is 6.92 Å². The minimum atomic E-state index is -2.26. The number of hydrogen-bond acceptors (Lipinski definition) is 31. The van der Waals surface area contributed by atoms with Gasteiger partial charge in [-0.05, 0) is 19.9 Å². The van der Waals surface area contributed by atoms with Gasteiger partial charge in [0, 0.05) is 0 Å². The molecule has 410 valence electrons. The summed E-state index contributed by atoms with van der Waals surface area (Å²) in [7, 11) is 0. The lowest BCUT2D eigenvalue weighted by molar-refractivity contribution is -0.410. The standard InChI is InChI=1S/C39H69NO30/c1-10-16(46)29(27(57)37(60-10)67-30-19(49)13(7-43)61-34(26(30)56)59-4-2-3-40)66-38-28(58)31(20(50)14(8-44)64-38)68-39-33(70-36-25(55)23(53)18(48)12(6-42)63-36)32(21(51)15(9-45)65-39)69-35-24(54)22(52)17(47)11(5-41)62-35/h10-39,41-58H,2-9,40H2,1H3/t10-,11+,12+,13+,14+,15+,16-,17+,18+,19+,20+,21+,22-,23-,24+,25-,26+,27+,28-,29+,30-,31-,32-,33-,34+,35-,36+,37-,38-,39-/m0/s1. The van der Waals surface area contributed by atoms with Crippen LogP contribution >= 0.6 is 0 Å². The van der Waals surface area contributed by atoms with Gasteiger partial charge in [-0.2, -0.15) is 0 Å². The molecule has 6 aliphatic heterocycles. The highest BCUT2D eigenvalue weighted by molar-refractivity contribution is 5.00. The van der Waals surface area contributed by atoms with Crippen LogP contribution < -0.4 is 5.73 Å². The SMILES string of the molecule is C[C@@H]1O[C@@H](O[C@@H]2[C@@H](O)[C@H](OCCCN)O[C@H](CO)[C@H]2O)[C@H](O)[C@H](O[C@@H]2O[C@H](CO)[C@@H](O)[C@H](O[C@@H]3O[C@H](CO)[C@@H](O)[C@H](O[C@@H]4O[C@H](CO)[C@@H](O)[C@H](O)[C@H]4O)[C@@H]3O[C@H]3O[C@H](CO)[C@@H](O)[C@H](O)[C@@H]3O)[C@@H]2O)[C@H]1O. The van der Waals surface area contributed by atoms with Crippen LogP contribution in [0.15, 0.2) is 0 Å². The van der Waals surface area contributed by atoms with Gasteiger partial charge in [0.1, 0.15) is 140 Å². The maximum Gasteiger partial charge on any atom is 0.187 e. The fraction of sp³-hybridized carbons (Fsp3) is 1.00. The molecule has 31 heteroatoms. The number of rotatable bonds is 19. The number of ether oxygens (including phenoxy) is 12. The molecule has 70 heavy (non-hydrogen) atoms. The van der Waals surface area contributed by atoms with Crippen molar-refractivity contribution in [3.8, 4) is 0 Å². The van der Waals surface area contributed by atoms with Crippen molar-refractivity contribution in [2.75, 3.05) is 46.2 Å². The second-order valence-corrected chi connectivity index (χ2v) is 17.7. The second kappa shape index (κ2) is 25.5. The van der Waals surface area contributed by atoms with Crippen LogP contribution in [0.5, 0.6) is 0 Å². The molecule has 0 bridgehead atoms. The first-order chi connectivity index (χ1) is 33.3. The van der Waals surface area contributed by atoms with E-state index in [2.05, 4.69) is 0 Å². The van der Waals surface area contributed by atoms with E-state index in [0.717, 1.165) is 0 Å². The Bertz CT molecular complexity index is 1560. The van der Waals surface area contributed by atoms with Gasteiger partial charge in [0.05, 0.1) is 45.7 Å². The third-order valence-electron chi connectivity index (χ3n) is 13.0. The fourth-order valence-electron chi connectivity index (χ4n) is 8.82. The Balaban J connectivity index is 1.28. The number of aliphatic hydroxyl groups excluding tert-OH is 18. The molecule has 0 aromatic carbocycles. The monoisotopic (exact) mass is 1030 g/mol. The van der Waals surface area contributed by atoms with Gasteiger partial charge in [0.25, 0.3) is 0 Å². The van der Waals surface area contributed by atoms with Crippen LogP contribution in [0.2, 0.25) is 0 Å². The highest BCUT2D eigenvalue weighted by Gasteiger charge is 2.58. The summed E-state index contributed by atoms with van der Waals surface area (Å²) in [6.07, 6.45) is -56.5. The smallest absolute Gasteiger partial charge is 0.187 e. The first-order valence-corrected chi connectivity index (χ1v) is 22.7. The molecule has 6 saturated heterocycles. The molecule has 0 unspecified atom stereocenters. The molecule has 0 spiro atoms. The zero-order valence-corrected chi connectivity index (χ0v) is 37.5. The van der Waals surface area contributed by atoms with Crippen LogP contribution in [0, 0.1) is 0 Å². The quantitative estimate of drug-likeness (QED) is 0.0534. The van der Waals surface area contributed by atoms with E-state index in [9.17, 15) is 91.9 Å². The summed E-state index contributed by atoms with van der Waals surface area (Å²) in [5.74, 6) is 0. The molecular weight excluding hydrogens is 962 g/mol. The molecule has 31 nitrogen and oxygen atoms in total. The Hall–Kier alpha value is -1.24. The minimum absolute atomic E-state index is 0.00187. The minimum Gasteiger partial charge on any atom is -0.394 e. The van der Waals surface area contributed by atoms with Crippen LogP contribution in [0.4, 0.5) is 0 Å². The molecule has 0 saturated carbocycles. The Morgan fingerprint density at radius 1 is 0.329 bits per heavy atom. The summed E-state index contributed by atoms with van der Waals surface area (Å²) >= 11 is 0. The third kappa shape index (κ3) is 12.2. The van der Waals surface area contributed by atoms with Crippen LogP contribution in [0.25, 0.3) is 0 Å². The molecule has 6 heterocycles. The van der Waals surface area contributed by atoms with Gasteiger partial charge in [-0.25, -0.2) is 0 Å². The number of nitrogens with two attached hydrogens (primary N) is 1. The van der Waals surface area contributed by atoms with Gasteiger partial charge in [-0.15, -0.1) is 0 Å². The van der Waals surface area contributed by atoms with Gasteiger partial charge < -0.3 is 154 Å². The molecule has 0 aliphatic carbocycles. The van der Waals surface area contributed by atoms with E-state index < -0.39 is 217 Å². The zero-order valence-electron chi connectivity index (χ0n) is 37.5. The van der Waals surface area contributed by atoms with Gasteiger partial charge in [-0.1, -0.05) is 0 Å². The lowest BCUT2D eigenvalue weighted by Gasteiger charge is -2.51. The highest BCUT2D eigenvalue weighted by atomic mass is 16.8. The Kier molecular flexibility index (Phi) is 21.2. The van der Waals surface area contributed by atoms with E-state index in [1.54, 1.807) is 0 Å². The second-order valence-electron chi connectivity index (χ2n) is 17.7. The van der Waals surface area contributed by atoms with Gasteiger partial charge in [0.2, 0.25) is 0 Å². The van der Waals surface area contributed by atoms with Crippen molar-refractivity contribution in [2.24, 2.45) is 5.73 Å². The van der Waals surface area contributed by atoms with Crippen LogP contribution in [0.1, 0.15) is 13.3 Å². The van der Waals surface area contributed by atoms with Crippen LogP contribution in [-0.2, 0) is 56.8 Å². The average molecular weight is 1030 g/mol. The third-order valence-corrected chi connectivity index (χ3v) is 13.0. The predicted molar refractivity (Wildman–Crippen MR) is 215 cm³/mol. The molecule has 0 radical (unpaired) electrons. The molecule has 20 N–H and O–H groups in total. The first-order valence-electron chi connectivity index (χ1n) is 22.7. The highest BCUT2D eigenvalue weighted by Crippen LogP contribution is 2.38. The van der Waals surface area contributed by atoms with Crippen molar-refractivity contribution in [3.05, 3.63) is 0 Å². The fourth-order valence-corrected chi connectivity index (χ4v) is 8.82. The van der Waals surface area contributed by atoms with Gasteiger partial charge in [0.15, 0.2) is 37.7 Å². The maximum atomic E-state index is 11.8. The summed E-state index contributed by atoms with van der Waals surface area (Å²) in [6.45, 7) is -3.22. The molecular formula is C39H69NO30. The van der Waals surface area contributed by atoms with Crippen molar-refractivity contribution < 1.29 is 149 Å². The summed E-state index contributed by atoms with van der Waals surface area (Å²) in [5.41, 5.74) is 5.51. The van der Waals surface area contributed by atoms with Crippen LogP contribution in [0.3, 0.4) is 0 Å². The zero-order chi connectivity index (χ0) is 51.5. The molecule has 6 rings (SSSR count). The van der Waals surface area contributed by atoms with Gasteiger partial charge >= 0.3 is 0 Å². The average Bonchev–Trinajstić information content (AvgIpc) is 3.34. The Labute approximate surface area is 398 Å². The molecule has 30 atom stereocenters. The number of hydrogen-bond donors (Lipinski definition) is 19. The van der Waals surface area contributed by atoms with E-state index in [4.69, 9.17) is 62.6 Å². The molecule has 0 amide bonds. The van der Waals surface area contributed by atoms with E-state index in [0.29, 0.717) is 6.42 Å². The molecule has 6 aliphatic rings. The molecule has 0 aromatic rings. The van der Waals surface area contributed by atoms with Crippen molar-refractivity contribution in [1.29, 1.82) is 0 Å².